The molecule has 116 valence electrons. The highest BCUT2D eigenvalue weighted by molar-refractivity contribution is 6.07. The third-order valence-corrected chi connectivity index (χ3v) is 4.23. The van der Waals surface area contributed by atoms with Crippen molar-refractivity contribution in [2.24, 2.45) is 22.2 Å². The topological polar surface area (TPSA) is 87.7 Å². The van der Waals surface area contributed by atoms with Crippen LogP contribution in [0, 0.1) is 11.3 Å². The van der Waals surface area contributed by atoms with Gasteiger partial charge in [0.25, 0.3) is 0 Å². The van der Waals surface area contributed by atoms with Crippen LogP contribution < -0.4 is 11.1 Å². The number of nitrogens with zero attached hydrogens (tertiary/aromatic N) is 1. The van der Waals surface area contributed by atoms with Gasteiger partial charge in [0.2, 0.25) is 5.91 Å². The van der Waals surface area contributed by atoms with Crippen LogP contribution in [0.25, 0.3) is 0 Å². The third-order valence-electron chi connectivity index (χ3n) is 4.23. The molecule has 0 aromatic carbocycles. The van der Waals surface area contributed by atoms with Crippen LogP contribution in [-0.2, 0) is 4.79 Å². The van der Waals surface area contributed by atoms with E-state index in [4.69, 9.17) is 10.9 Å². The van der Waals surface area contributed by atoms with Crippen molar-refractivity contribution < 1.29 is 10.0 Å². The average Bonchev–Trinajstić information content (AvgIpc) is 2.35. The van der Waals surface area contributed by atoms with E-state index in [9.17, 15) is 4.79 Å². The minimum absolute atomic E-state index is 0.0539. The first-order valence-corrected chi connectivity index (χ1v) is 7.79. The number of nitrogens with one attached hydrogen (secondary N) is 1. The zero-order valence-electron chi connectivity index (χ0n) is 12.8. The molecule has 5 nitrogen and oxygen atoms in total. The Bertz CT molecular complexity index is 336. The first-order valence-electron chi connectivity index (χ1n) is 7.79. The van der Waals surface area contributed by atoms with Gasteiger partial charge in [0.05, 0.1) is 0 Å². The van der Waals surface area contributed by atoms with Crippen LogP contribution >= 0.6 is 0 Å². The molecule has 0 heterocycles. The zero-order chi connectivity index (χ0) is 15.0. The van der Waals surface area contributed by atoms with Gasteiger partial charge < -0.3 is 16.3 Å². The van der Waals surface area contributed by atoms with Crippen LogP contribution in [0.3, 0.4) is 0 Å². The molecule has 0 bridgehead atoms. The molecule has 1 amide bonds. The molecule has 0 atom stereocenters. The van der Waals surface area contributed by atoms with Gasteiger partial charge in [-0.25, -0.2) is 0 Å². The fourth-order valence-corrected chi connectivity index (χ4v) is 2.63. The predicted molar refractivity (Wildman–Crippen MR) is 80.6 cm³/mol. The van der Waals surface area contributed by atoms with Gasteiger partial charge in [-0.1, -0.05) is 51.1 Å². The van der Waals surface area contributed by atoms with Gasteiger partial charge in [-0.2, -0.15) is 0 Å². The molecule has 0 unspecified atom stereocenters. The summed E-state index contributed by atoms with van der Waals surface area (Å²) >= 11 is 0. The number of hydrogen-bond acceptors (Lipinski definition) is 3. The number of carbonyl (C=O) groups excluding carboxylic acids is 1. The van der Waals surface area contributed by atoms with Gasteiger partial charge in [0, 0.05) is 6.54 Å². The number of oxime groups is 1. The molecule has 20 heavy (non-hydrogen) atoms. The normalized spacial score (nSPS) is 17.9. The third kappa shape index (κ3) is 4.39. The van der Waals surface area contributed by atoms with Gasteiger partial charge in [-0.15, -0.1) is 0 Å². The smallest absolute Gasteiger partial charge is 0.233 e. The second-order valence-electron chi connectivity index (χ2n) is 6.27. The van der Waals surface area contributed by atoms with E-state index >= 15 is 0 Å². The quantitative estimate of drug-likeness (QED) is 0.200. The molecule has 1 fully saturated rings. The Morgan fingerprint density at radius 3 is 2.45 bits per heavy atom. The minimum Gasteiger partial charge on any atom is -0.409 e. The fraction of sp³-hybridized carbons (Fsp3) is 0.867. The standard InChI is InChI=1S/C15H29N3O2/c1-12(2)8-5-3-4-6-11-17-14(19)15(9-7-10-15)13(16)18-20/h12,20H,3-11H2,1-2H3,(H2,16,18)(H,17,19). The molecule has 1 saturated carbocycles. The minimum atomic E-state index is -0.744. The van der Waals surface area contributed by atoms with E-state index in [0.717, 1.165) is 25.2 Å². The summed E-state index contributed by atoms with van der Waals surface area (Å²) in [5.74, 6) is 0.744. The summed E-state index contributed by atoms with van der Waals surface area (Å²) in [7, 11) is 0. The summed E-state index contributed by atoms with van der Waals surface area (Å²) in [6, 6.07) is 0. The lowest BCUT2D eigenvalue weighted by Gasteiger charge is -2.38. The molecule has 0 aromatic rings. The van der Waals surface area contributed by atoms with Crippen molar-refractivity contribution in [3.63, 3.8) is 0 Å². The van der Waals surface area contributed by atoms with Crippen molar-refractivity contribution in [2.45, 2.75) is 65.2 Å². The Morgan fingerprint density at radius 2 is 1.95 bits per heavy atom. The van der Waals surface area contributed by atoms with E-state index in [1.54, 1.807) is 0 Å². The largest absolute Gasteiger partial charge is 0.409 e. The number of amidine groups is 1. The fourth-order valence-electron chi connectivity index (χ4n) is 2.63. The lowest BCUT2D eigenvalue weighted by atomic mass is 9.67. The van der Waals surface area contributed by atoms with Crippen molar-refractivity contribution in [3.8, 4) is 0 Å². The maximum atomic E-state index is 12.1. The summed E-state index contributed by atoms with van der Waals surface area (Å²) in [6.45, 7) is 5.16. The van der Waals surface area contributed by atoms with Gasteiger partial charge in [0.1, 0.15) is 5.41 Å². The second-order valence-corrected chi connectivity index (χ2v) is 6.27. The van der Waals surface area contributed by atoms with Gasteiger partial charge >= 0.3 is 0 Å². The van der Waals surface area contributed by atoms with Crippen LogP contribution in [0.2, 0.25) is 0 Å². The van der Waals surface area contributed by atoms with Crippen LogP contribution in [-0.4, -0.2) is 23.5 Å². The molecule has 1 aliphatic rings. The number of amides is 1. The van der Waals surface area contributed by atoms with E-state index in [0.29, 0.717) is 19.4 Å². The molecular formula is C15H29N3O2. The molecule has 0 saturated heterocycles. The van der Waals surface area contributed by atoms with E-state index in [1.807, 2.05) is 0 Å². The predicted octanol–water partition coefficient (Wildman–Crippen LogP) is 2.63. The number of nitrogens with two attached hydrogens (primary N) is 1. The SMILES string of the molecule is CC(C)CCCCCCNC(=O)C1(C(N)=NO)CCC1. The Morgan fingerprint density at radius 1 is 1.30 bits per heavy atom. The van der Waals surface area contributed by atoms with Gasteiger partial charge in [0.15, 0.2) is 5.84 Å². The van der Waals surface area contributed by atoms with E-state index in [-0.39, 0.29) is 11.7 Å². The number of unbranched alkanes of at least 4 members (excludes halogenated alkanes) is 3. The molecule has 0 aromatic heterocycles. The van der Waals surface area contributed by atoms with Crippen LogP contribution in [0.4, 0.5) is 0 Å². The van der Waals surface area contributed by atoms with Crippen molar-refractivity contribution >= 4 is 11.7 Å². The zero-order valence-corrected chi connectivity index (χ0v) is 12.8. The van der Waals surface area contributed by atoms with Gasteiger partial charge in [-0.05, 0) is 25.2 Å². The summed E-state index contributed by atoms with van der Waals surface area (Å²) in [5.41, 5.74) is 4.91. The molecule has 1 rings (SSSR count). The Labute approximate surface area is 122 Å². The van der Waals surface area contributed by atoms with Crippen molar-refractivity contribution in [3.05, 3.63) is 0 Å². The van der Waals surface area contributed by atoms with E-state index in [2.05, 4.69) is 24.3 Å². The maximum absolute atomic E-state index is 12.1. The molecule has 4 N–H and O–H groups in total. The molecule has 0 aliphatic heterocycles. The summed E-state index contributed by atoms with van der Waals surface area (Å²) in [5, 5.41) is 14.7. The Balaban J connectivity index is 2.17. The van der Waals surface area contributed by atoms with Gasteiger partial charge in [-0.3, -0.25) is 4.79 Å². The number of rotatable bonds is 9. The van der Waals surface area contributed by atoms with Crippen LogP contribution in [0.1, 0.15) is 65.2 Å². The Kier molecular flexibility index (Phi) is 6.82. The average molecular weight is 283 g/mol. The second kappa shape index (κ2) is 8.12. The first-order chi connectivity index (χ1) is 9.53. The lowest BCUT2D eigenvalue weighted by Crippen LogP contribution is -2.54. The molecular weight excluding hydrogens is 254 g/mol. The lowest BCUT2D eigenvalue weighted by molar-refractivity contribution is -0.131. The summed E-state index contributed by atoms with van der Waals surface area (Å²) in [4.78, 5) is 12.1. The summed E-state index contributed by atoms with van der Waals surface area (Å²) < 4.78 is 0. The molecule has 5 heteroatoms. The first kappa shape index (κ1) is 16.8. The summed E-state index contributed by atoms with van der Waals surface area (Å²) in [6.07, 6.45) is 8.22. The van der Waals surface area contributed by atoms with Crippen LogP contribution in [0.15, 0.2) is 5.16 Å². The van der Waals surface area contributed by atoms with E-state index in [1.165, 1.54) is 19.3 Å². The van der Waals surface area contributed by atoms with Crippen LogP contribution in [0.5, 0.6) is 0 Å². The maximum Gasteiger partial charge on any atom is 0.233 e. The number of hydrogen-bond donors (Lipinski definition) is 3. The highest BCUT2D eigenvalue weighted by Gasteiger charge is 2.48. The van der Waals surface area contributed by atoms with E-state index < -0.39 is 5.41 Å². The highest BCUT2D eigenvalue weighted by atomic mass is 16.4. The highest BCUT2D eigenvalue weighted by Crippen LogP contribution is 2.41. The molecule has 0 radical (unpaired) electrons. The molecule has 1 aliphatic carbocycles. The Hall–Kier alpha value is -1.26. The monoisotopic (exact) mass is 283 g/mol. The van der Waals surface area contributed by atoms with Crippen molar-refractivity contribution in [2.75, 3.05) is 6.54 Å². The number of carbonyl (C=O) groups is 1. The van der Waals surface area contributed by atoms with Crippen molar-refractivity contribution in [1.82, 2.24) is 5.32 Å². The molecule has 0 spiro atoms. The van der Waals surface area contributed by atoms with Crippen molar-refractivity contribution in [1.29, 1.82) is 0 Å².